The molecule has 0 fully saturated rings. The highest BCUT2D eigenvalue weighted by Gasteiger charge is 2.19. The number of fused-ring (bicyclic) bond motifs is 2. The van der Waals surface area contributed by atoms with E-state index in [0.29, 0.717) is 5.25 Å². The molecule has 1 aromatic rings. The van der Waals surface area contributed by atoms with Crippen LogP contribution < -0.4 is 10.4 Å². The summed E-state index contributed by atoms with van der Waals surface area (Å²) < 4.78 is 0. The van der Waals surface area contributed by atoms with Crippen LogP contribution in [0.15, 0.2) is 48.6 Å². The van der Waals surface area contributed by atoms with Crippen molar-refractivity contribution in [2.45, 2.75) is 5.25 Å². The smallest absolute Gasteiger partial charge is 0.0711 e. The number of hydrogen-bond acceptors (Lipinski definition) is 2. The minimum atomic E-state index is 0.394. The van der Waals surface area contributed by atoms with Gasteiger partial charge in [0.05, 0.1) is 10.6 Å². The first-order chi connectivity index (χ1) is 7.90. The molecule has 2 aliphatic rings. The lowest BCUT2D eigenvalue weighted by atomic mass is 10.0. The van der Waals surface area contributed by atoms with Gasteiger partial charge in [-0.15, -0.1) is 11.8 Å². The van der Waals surface area contributed by atoms with E-state index in [9.17, 15) is 0 Å². The first-order valence-electron chi connectivity index (χ1n) is 5.13. The average molecular weight is 241 g/mol. The van der Waals surface area contributed by atoms with Gasteiger partial charge in [-0.1, -0.05) is 60.8 Å². The molecule has 1 radical (unpaired) electrons. The molecule has 1 aliphatic carbocycles. The van der Waals surface area contributed by atoms with E-state index in [1.165, 1.54) is 16.0 Å². The number of benzene rings is 1. The molecule has 0 amide bonds. The molecule has 0 N–H and O–H groups in total. The summed E-state index contributed by atoms with van der Waals surface area (Å²) in [5.41, 5.74) is 1.37. The minimum Gasteiger partial charge on any atom is -0.111 e. The molecule has 1 aromatic carbocycles. The van der Waals surface area contributed by atoms with E-state index >= 15 is 0 Å². The second-order valence-corrected chi connectivity index (χ2v) is 5.07. The van der Waals surface area contributed by atoms with Gasteiger partial charge in [-0.05, 0) is 16.0 Å². The lowest BCUT2D eigenvalue weighted by molar-refractivity contribution is 1.35. The van der Waals surface area contributed by atoms with Crippen LogP contribution in [-0.4, -0.2) is 10.6 Å². The van der Waals surface area contributed by atoms with Crippen molar-refractivity contribution < 1.29 is 0 Å². The van der Waals surface area contributed by atoms with Crippen LogP contribution >= 0.6 is 24.0 Å². The van der Waals surface area contributed by atoms with Gasteiger partial charge in [-0.25, -0.2) is 0 Å². The van der Waals surface area contributed by atoms with Crippen LogP contribution in [0.4, 0.5) is 0 Å². The maximum atomic E-state index is 4.98. The molecular weight excluding hydrogens is 232 g/mol. The predicted molar refractivity (Wildman–Crippen MR) is 74.8 cm³/mol. The van der Waals surface area contributed by atoms with E-state index in [0.717, 1.165) is 4.91 Å². The largest absolute Gasteiger partial charge is 0.111 e. The zero-order chi connectivity index (χ0) is 11.0. The number of allylic oxidation sites excluding steroid dienone is 3. The second kappa shape index (κ2) is 4.04. The Labute approximate surface area is 104 Å². The van der Waals surface area contributed by atoms with Crippen LogP contribution in [0, 0.1) is 0 Å². The van der Waals surface area contributed by atoms with Crippen LogP contribution in [0.3, 0.4) is 0 Å². The number of thiocarbonyl (C=S) groups is 1. The Bertz CT molecular complexity index is 620. The number of rotatable bonds is 1. The van der Waals surface area contributed by atoms with Gasteiger partial charge >= 0.3 is 0 Å². The van der Waals surface area contributed by atoms with Crippen LogP contribution in [0.5, 0.6) is 0 Å². The molecule has 16 heavy (non-hydrogen) atoms. The topological polar surface area (TPSA) is 0 Å². The van der Waals surface area contributed by atoms with Crippen LogP contribution in [0.25, 0.3) is 10.5 Å². The molecule has 3 rings (SSSR count). The van der Waals surface area contributed by atoms with Crippen LogP contribution in [0.2, 0.25) is 0 Å². The van der Waals surface area contributed by atoms with E-state index in [1.807, 2.05) is 0 Å². The van der Waals surface area contributed by atoms with Crippen molar-refractivity contribution in [2.24, 2.45) is 0 Å². The van der Waals surface area contributed by atoms with Gasteiger partial charge in [0.15, 0.2) is 0 Å². The molecule has 0 spiro atoms. The van der Waals surface area contributed by atoms with Gasteiger partial charge in [-0.2, -0.15) is 0 Å². The van der Waals surface area contributed by atoms with E-state index in [1.54, 1.807) is 11.8 Å². The Morgan fingerprint density at radius 1 is 1.12 bits per heavy atom. The van der Waals surface area contributed by atoms with Gasteiger partial charge in [0.1, 0.15) is 0 Å². The number of hydrogen-bond donors (Lipinski definition) is 0. The highest BCUT2D eigenvalue weighted by Crippen LogP contribution is 2.31. The van der Waals surface area contributed by atoms with Crippen LogP contribution in [0.1, 0.15) is 0 Å². The SMILES string of the molecule is S=[C]C1=c2ccccc2=C2C=CC=CC2S1. The molecule has 1 atom stereocenters. The molecule has 1 aliphatic heterocycles. The summed E-state index contributed by atoms with van der Waals surface area (Å²) in [6, 6.07) is 8.40. The molecule has 1 heterocycles. The summed E-state index contributed by atoms with van der Waals surface area (Å²) in [5.74, 6) is 0. The highest BCUT2D eigenvalue weighted by atomic mass is 32.2. The van der Waals surface area contributed by atoms with Gasteiger partial charge in [-0.3, -0.25) is 0 Å². The summed E-state index contributed by atoms with van der Waals surface area (Å²) in [6.45, 7) is 0. The first-order valence-corrected chi connectivity index (χ1v) is 6.42. The molecule has 0 saturated heterocycles. The van der Waals surface area contributed by atoms with E-state index < -0.39 is 0 Å². The van der Waals surface area contributed by atoms with E-state index in [-0.39, 0.29) is 0 Å². The number of thioether (sulfide) groups is 1. The Morgan fingerprint density at radius 3 is 2.75 bits per heavy atom. The average Bonchev–Trinajstić information content (AvgIpc) is 2.38. The third-order valence-electron chi connectivity index (χ3n) is 2.80. The second-order valence-electron chi connectivity index (χ2n) is 3.71. The lowest BCUT2D eigenvalue weighted by Crippen LogP contribution is -2.34. The fourth-order valence-electron chi connectivity index (χ4n) is 2.07. The molecule has 77 valence electrons. The molecule has 1 unspecified atom stereocenters. The van der Waals surface area contributed by atoms with Gasteiger partial charge in [0.25, 0.3) is 0 Å². The van der Waals surface area contributed by atoms with Gasteiger partial charge < -0.3 is 0 Å². The Morgan fingerprint density at radius 2 is 1.94 bits per heavy atom. The van der Waals surface area contributed by atoms with Crippen molar-refractivity contribution in [2.75, 3.05) is 0 Å². The van der Waals surface area contributed by atoms with Crippen molar-refractivity contribution in [3.63, 3.8) is 0 Å². The minimum absolute atomic E-state index is 0.394. The first kappa shape index (κ1) is 10.1. The van der Waals surface area contributed by atoms with Crippen molar-refractivity contribution in [1.82, 2.24) is 0 Å². The molecule has 0 saturated carbocycles. The van der Waals surface area contributed by atoms with Crippen molar-refractivity contribution in [1.29, 1.82) is 0 Å². The van der Waals surface area contributed by atoms with Crippen molar-refractivity contribution in [3.8, 4) is 0 Å². The third kappa shape index (κ3) is 1.49. The van der Waals surface area contributed by atoms with E-state index in [2.05, 4.69) is 53.9 Å². The maximum absolute atomic E-state index is 4.98. The van der Waals surface area contributed by atoms with Gasteiger partial charge in [0, 0.05) is 4.91 Å². The summed E-state index contributed by atoms with van der Waals surface area (Å²) in [7, 11) is 0. The quantitative estimate of drug-likeness (QED) is 0.690. The standard InChI is InChI=1S/C14H9S2/c15-9-14-12-7-2-1-5-10(12)11-6-3-4-8-13(11)16-14/h1-8,13H. The van der Waals surface area contributed by atoms with Crippen LogP contribution in [-0.2, 0) is 0 Å². The van der Waals surface area contributed by atoms with Gasteiger partial charge in [0.2, 0.25) is 0 Å². The summed E-state index contributed by atoms with van der Waals surface area (Å²) in [4.78, 5) is 1.08. The Balaban J connectivity index is 2.45. The van der Waals surface area contributed by atoms with Crippen molar-refractivity contribution in [3.05, 3.63) is 59.0 Å². The predicted octanol–water partition coefficient (Wildman–Crippen LogP) is 2.06. The molecule has 0 aromatic heterocycles. The lowest BCUT2D eigenvalue weighted by Gasteiger charge is -2.21. The Kier molecular flexibility index (Phi) is 2.54. The molecule has 0 bridgehead atoms. The fraction of sp³-hybridized carbons (Fsp3) is 0.0714. The third-order valence-corrected chi connectivity index (χ3v) is 4.36. The Hall–Kier alpha value is -1.12. The maximum Gasteiger partial charge on any atom is 0.0711 e. The van der Waals surface area contributed by atoms with E-state index in [4.69, 9.17) is 12.2 Å². The fourth-order valence-corrected chi connectivity index (χ4v) is 3.43. The summed E-state index contributed by atoms with van der Waals surface area (Å²) in [5, 5.41) is 5.79. The highest BCUT2D eigenvalue weighted by molar-refractivity contribution is 8.11. The zero-order valence-corrected chi connectivity index (χ0v) is 10.1. The summed E-state index contributed by atoms with van der Waals surface area (Å²) in [6.07, 6.45) is 8.59. The zero-order valence-electron chi connectivity index (χ0n) is 8.51. The molecule has 0 nitrogen and oxygen atoms in total. The molecule has 2 heteroatoms. The summed E-state index contributed by atoms with van der Waals surface area (Å²) >= 11 is 6.77. The normalized spacial score (nSPS) is 21.6. The van der Waals surface area contributed by atoms with Crippen molar-refractivity contribution >= 4 is 39.8 Å². The molecular formula is C14H9S2. The monoisotopic (exact) mass is 241 g/mol.